The number of nitrogens with zero attached hydrogens (tertiary/aromatic N) is 2. The fourth-order valence-electron chi connectivity index (χ4n) is 2.26. The van der Waals surface area contributed by atoms with E-state index in [1.54, 1.807) is 24.6 Å². The van der Waals surface area contributed by atoms with Gasteiger partial charge in [0.1, 0.15) is 5.75 Å². The molecule has 7 heteroatoms. The summed E-state index contributed by atoms with van der Waals surface area (Å²) in [4.78, 5) is 17.8. The van der Waals surface area contributed by atoms with E-state index >= 15 is 0 Å². The molecule has 2 heterocycles. The number of benzene rings is 1. The van der Waals surface area contributed by atoms with Crippen LogP contribution in [0.5, 0.6) is 5.75 Å². The van der Waals surface area contributed by atoms with Gasteiger partial charge in [0.05, 0.1) is 18.9 Å². The van der Waals surface area contributed by atoms with Crippen molar-refractivity contribution in [2.45, 2.75) is 23.9 Å². The summed E-state index contributed by atoms with van der Waals surface area (Å²) in [5, 5.41) is 5.52. The molecule has 25 heavy (non-hydrogen) atoms. The first-order valence-electron chi connectivity index (χ1n) is 7.82. The van der Waals surface area contributed by atoms with Gasteiger partial charge in [-0.1, -0.05) is 17.8 Å². The van der Waals surface area contributed by atoms with Gasteiger partial charge in [0.15, 0.2) is 5.16 Å². The second kappa shape index (κ2) is 8.22. The molecular weight excluding hydrogens is 354 g/mol. The van der Waals surface area contributed by atoms with Crippen molar-refractivity contribution >= 4 is 29.0 Å². The Morgan fingerprint density at radius 3 is 2.84 bits per heavy atom. The van der Waals surface area contributed by atoms with Crippen LogP contribution in [0.1, 0.15) is 11.8 Å². The van der Waals surface area contributed by atoms with Gasteiger partial charge in [-0.25, -0.2) is 4.98 Å². The number of aromatic nitrogens is 2. The van der Waals surface area contributed by atoms with Crippen molar-refractivity contribution < 1.29 is 9.53 Å². The zero-order valence-electron chi connectivity index (χ0n) is 14.0. The number of amides is 1. The predicted molar refractivity (Wildman–Crippen MR) is 102 cm³/mol. The highest BCUT2D eigenvalue weighted by molar-refractivity contribution is 8.00. The third-order valence-electron chi connectivity index (χ3n) is 3.63. The fourth-order valence-corrected chi connectivity index (χ4v) is 3.81. The van der Waals surface area contributed by atoms with Crippen LogP contribution in [0.4, 0.5) is 0 Å². The molecule has 0 saturated carbocycles. The zero-order valence-corrected chi connectivity index (χ0v) is 15.6. The van der Waals surface area contributed by atoms with Gasteiger partial charge in [-0.15, -0.1) is 11.3 Å². The van der Waals surface area contributed by atoms with Crippen LogP contribution in [0.25, 0.3) is 5.69 Å². The Morgan fingerprint density at radius 2 is 2.16 bits per heavy atom. The van der Waals surface area contributed by atoms with Crippen molar-refractivity contribution in [3.8, 4) is 11.4 Å². The molecule has 0 saturated heterocycles. The van der Waals surface area contributed by atoms with E-state index in [1.165, 1.54) is 11.8 Å². The van der Waals surface area contributed by atoms with Gasteiger partial charge < -0.3 is 10.1 Å². The van der Waals surface area contributed by atoms with E-state index in [2.05, 4.69) is 10.3 Å². The van der Waals surface area contributed by atoms with E-state index in [0.29, 0.717) is 6.54 Å². The van der Waals surface area contributed by atoms with Crippen LogP contribution in [0.2, 0.25) is 0 Å². The van der Waals surface area contributed by atoms with E-state index < -0.39 is 0 Å². The maximum Gasteiger partial charge on any atom is 0.233 e. The summed E-state index contributed by atoms with van der Waals surface area (Å²) in [6, 6.07) is 11.7. The van der Waals surface area contributed by atoms with Gasteiger partial charge in [-0.05, 0) is 42.6 Å². The Labute approximate surface area is 155 Å². The fraction of sp³-hybridized carbons (Fsp3) is 0.222. The van der Waals surface area contributed by atoms with Crippen LogP contribution in [0.3, 0.4) is 0 Å². The molecule has 0 aliphatic heterocycles. The molecule has 1 unspecified atom stereocenters. The summed E-state index contributed by atoms with van der Waals surface area (Å²) in [5.74, 6) is 0.807. The second-order valence-corrected chi connectivity index (χ2v) is 7.68. The molecule has 0 fully saturated rings. The van der Waals surface area contributed by atoms with Gasteiger partial charge >= 0.3 is 0 Å². The Morgan fingerprint density at radius 1 is 1.36 bits per heavy atom. The van der Waals surface area contributed by atoms with Crippen molar-refractivity contribution in [2.24, 2.45) is 0 Å². The predicted octanol–water partition coefficient (Wildman–Crippen LogP) is 3.74. The molecule has 0 radical (unpaired) electrons. The number of ether oxygens (including phenoxy) is 1. The van der Waals surface area contributed by atoms with Crippen LogP contribution in [-0.4, -0.2) is 27.8 Å². The van der Waals surface area contributed by atoms with E-state index in [4.69, 9.17) is 4.74 Å². The Kier molecular flexibility index (Phi) is 5.78. The number of carbonyl (C=O) groups excluding carboxylic acids is 1. The maximum atomic E-state index is 12.3. The molecule has 3 rings (SSSR count). The molecule has 1 aromatic carbocycles. The monoisotopic (exact) mass is 373 g/mol. The number of rotatable bonds is 7. The van der Waals surface area contributed by atoms with Crippen molar-refractivity contribution in [2.75, 3.05) is 7.11 Å². The average Bonchev–Trinajstić information content (AvgIpc) is 3.31. The van der Waals surface area contributed by atoms with Crippen LogP contribution in [-0.2, 0) is 11.3 Å². The lowest BCUT2D eigenvalue weighted by Crippen LogP contribution is -2.30. The quantitative estimate of drug-likeness (QED) is 0.641. The molecule has 3 aromatic rings. The summed E-state index contributed by atoms with van der Waals surface area (Å²) in [6.07, 6.45) is 3.63. The largest absolute Gasteiger partial charge is 0.497 e. The van der Waals surface area contributed by atoms with Gasteiger partial charge in [0.2, 0.25) is 5.91 Å². The first-order chi connectivity index (χ1) is 12.2. The number of thiophene rings is 1. The molecule has 2 aromatic heterocycles. The molecule has 0 bridgehead atoms. The third kappa shape index (κ3) is 4.43. The van der Waals surface area contributed by atoms with Crippen LogP contribution < -0.4 is 10.1 Å². The van der Waals surface area contributed by atoms with Gasteiger partial charge in [0, 0.05) is 23.0 Å². The highest BCUT2D eigenvalue weighted by Crippen LogP contribution is 2.25. The maximum absolute atomic E-state index is 12.3. The minimum absolute atomic E-state index is 0.00248. The summed E-state index contributed by atoms with van der Waals surface area (Å²) in [6.45, 7) is 2.45. The smallest absolute Gasteiger partial charge is 0.233 e. The van der Waals surface area contributed by atoms with Crippen LogP contribution >= 0.6 is 23.1 Å². The van der Waals surface area contributed by atoms with Gasteiger partial charge in [0.25, 0.3) is 0 Å². The summed E-state index contributed by atoms with van der Waals surface area (Å²) in [5.41, 5.74) is 0.979. The third-order valence-corrected chi connectivity index (χ3v) is 5.58. The van der Waals surface area contributed by atoms with E-state index in [0.717, 1.165) is 21.5 Å². The second-order valence-electron chi connectivity index (χ2n) is 5.34. The van der Waals surface area contributed by atoms with Crippen molar-refractivity contribution in [3.05, 3.63) is 59.0 Å². The summed E-state index contributed by atoms with van der Waals surface area (Å²) < 4.78 is 7.15. The van der Waals surface area contributed by atoms with Crippen molar-refractivity contribution in [1.82, 2.24) is 14.9 Å². The van der Waals surface area contributed by atoms with Crippen molar-refractivity contribution in [1.29, 1.82) is 0 Å². The molecule has 1 amide bonds. The number of methoxy groups -OCH3 is 1. The highest BCUT2D eigenvalue weighted by Gasteiger charge is 2.17. The van der Waals surface area contributed by atoms with E-state index in [-0.39, 0.29) is 11.2 Å². The number of thioether (sulfide) groups is 1. The number of hydrogen-bond acceptors (Lipinski definition) is 5. The van der Waals surface area contributed by atoms with Crippen molar-refractivity contribution in [3.63, 3.8) is 0 Å². The Hall–Kier alpha value is -2.25. The lowest BCUT2D eigenvalue weighted by molar-refractivity contribution is -0.120. The molecule has 0 spiro atoms. The topological polar surface area (TPSA) is 56.2 Å². The molecule has 0 aliphatic rings. The van der Waals surface area contributed by atoms with Gasteiger partial charge in [-0.2, -0.15) is 0 Å². The summed E-state index contributed by atoms with van der Waals surface area (Å²) >= 11 is 3.08. The molecule has 1 atom stereocenters. The molecule has 0 aliphatic carbocycles. The van der Waals surface area contributed by atoms with E-state index in [1.807, 2.05) is 59.5 Å². The van der Waals surface area contributed by atoms with Crippen LogP contribution in [0.15, 0.2) is 59.3 Å². The standard InChI is InChI=1S/C18H19N3O2S2/c1-13(17(22)20-12-16-4-3-11-24-16)25-18-19-9-10-21(18)14-5-7-15(23-2)8-6-14/h3-11,13H,12H2,1-2H3,(H,20,22). The van der Waals surface area contributed by atoms with E-state index in [9.17, 15) is 4.79 Å². The zero-order chi connectivity index (χ0) is 17.6. The number of hydrogen-bond donors (Lipinski definition) is 1. The lowest BCUT2D eigenvalue weighted by atomic mass is 10.3. The van der Waals surface area contributed by atoms with Gasteiger partial charge in [-0.3, -0.25) is 9.36 Å². The average molecular weight is 374 g/mol. The first kappa shape index (κ1) is 17.6. The SMILES string of the molecule is COc1ccc(-n2ccnc2SC(C)C(=O)NCc2cccs2)cc1. The normalized spacial score (nSPS) is 11.9. The molecular formula is C18H19N3O2S2. The van der Waals surface area contributed by atoms with Crippen LogP contribution in [0, 0.1) is 0 Å². The number of imidazole rings is 1. The highest BCUT2D eigenvalue weighted by atomic mass is 32.2. The Balaban J connectivity index is 1.64. The summed E-state index contributed by atoms with van der Waals surface area (Å²) in [7, 11) is 1.64. The number of carbonyl (C=O) groups is 1. The lowest BCUT2D eigenvalue weighted by Gasteiger charge is -2.13. The Bertz CT molecular complexity index is 813. The first-order valence-corrected chi connectivity index (χ1v) is 9.58. The molecule has 1 N–H and O–H groups in total. The number of nitrogens with one attached hydrogen (secondary N) is 1. The molecule has 130 valence electrons. The minimum atomic E-state index is -0.237. The minimum Gasteiger partial charge on any atom is -0.497 e. The molecule has 5 nitrogen and oxygen atoms in total.